The van der Waals surface area contributed by atoms with Crippen molar-refractivity contribution in [1.29, 1.82) is 0 Å². The van der Waals surface area contributed by atoms with Crippen molar-refractivity contribution < 1.29 is 19.7 Å². The first kappa shape index (κ1) is 25.6. The molecule has 208 valence electrons. The molecule has 42 heavy (non-hydrogen) atoms. The van der Waals surface area contributed by atoms with Gasteiger partial charge >= 0.3 is 0 Å². The van der Waals surface area contributed by atoms with Crippen LogP contribution in [0.2, 0.25) is 0 Å². The van der Waals surface area contributed by atoms with E-state index in [-0.39, 0.29) is 28.3 Å². The summed E-state index contributed by atoms with van der Waals surface area (Å²) in [5.74, 6) is 0.492. The number of rotatable bonds is 4. The van der Waals surface area contributed by atoms with E-state index in [0.717, 1.165) is 29.7 Å². The molecule has 2 aliphatic heterocycles. The van der Waals surface area contributed by atoms with Crippen molar-refractivity contribution in [2.24, 2.45) is 5.10 Å². The van der Waals surface area contributed by atoms with Crippen LogP contribution in [0.4, 0.5) is 0 Å². The number of hydrogen-bond donors (Lipinski definition) is 3. The number of carbonyl (C=O) groups excluding carboxylic acids is 1. The average molecular weight is 558 g/mol. The number of para-hydroxylation sites is 2. The topological polar surface area (TPSA) is 113 Å². The number of aromatic nitrogens is 1. The van der Waals surface area contributed by atoms with Crippen LogP contribution in [-0.2, 0) is 22.5 Å². The van der Waals surface area contributed by atoms with E-state index in [4.69, 9.17) is 4.74 Å². The molecule has 3 aliphatic rings. The molecular formula is C34H27N3O5. The summed E-state index contributed by atoms with van der Waals surface area (Å²) in [5.41, 5.74) is 7.21. The van der Waals surface area contributed by atoms with Gasteiger partial charge in [-0.3, -0.25) is 9.59 Å². The highest BCUT2D eigenvalue weighted by Gasteiger charge is 2.33. The van der Waals surface area contributed by atoms with Crippen molar-refractivity contribution in [3.8, 4) is 11.5 Å². The second-order valence-electron chi connectivity index (χ2n) is 10.5. The van der Waals surface area contributed by atoms with Gasteiger partial charge in [0.05, 0.1) is 16.7 Å². The number of carbonyl (C=O) groups is 1. The second-order valence-corrected chi connectivity index (χ2v) is 10.5. The van der Waals surface area contributed by atoms with Crippen LogP contribution in [0.5, 0.6) is 11.5 Å². The first-order chi connectivity index (χ1) is 20.5. The number of aromatic hydroxyl groups is 2. The molecule has 0 radical (unpaired) electrons. The molecule has 1 amide bonds. The normalized spacial score (nSPS) is 17.2. The summed E-state index contributed by atoms with van der Waals surface area (Å²) in [6.07, 6.45) is 3.79. The van der Waals surface area contributed by atoms with Crippen LogP contribution >= 0.6 is 0 Å². The number of fused-ring (bicyclic) bond motifs is 3. The number of allylic oxidation sites excluding steroid dienone is 3. The molecule has 4 aromatic rings. The summed E-state index contributed by atoms with van der Waals surface area (Å²) in [7, 11) is 0. The van der Waals surface area contributed by atoms with E-state index in [1.807, 2.05) is 31.2 Å². The van der Waals surface area contributed by atoms with E-state index in [0.29, 0.717) is 40.8 Å². The third kappa shape index (κ3) is 3.95. The number of hydrazone groups is 1. The molecule has 3 N–H and O–H groups in total. The molecule has 0 unspecified atom stereocenters. The minimum Gasteiger partial charge on any atom is -0.507 e. The monoisotopic (exact) mass is 557 g/mol. The Morgan fingerprint density at radius 1 is 0.929 bits per heavy atom. The number of nitrogens with one attached hydrogen (secondary N) is 1. The van der Waals surface area contributed by atoms with Crippen LogP contribution in [0.25, 0.3) is 22.4 Å². The van der Waals surface area contributed by atoms with E-state index in [2.05, 4.69) is 16.6 Å². The van der Waals surface area contributed by atoms with E-state index in [9.17, 15) is 19.8 Å². The van der Waals surface area contributed by atoms with Crippen LogP contribution in [0.15, 0.2) is 105 Å². The number of phenolic OH excluding ortho intramolecular Hbond substituents is 1. The van der Waals surface area contributed by atoms with Crippen LogP contribution in [0, 0.1) is 0 Å². The Balaban J connectivity index is 1.41. The lowest BCUT2D eigenvalue weighted by Crippen LogP contribution is -2.27. The van der Waals surface area contributed by atoms with Crippen LogP contribution in [0.1, 0.15) is 42.0 Å². The largest absolute Gasteiger partial charge is 0.507 e. The molecule has 8 heteroatoms. The fraction of sp³-hybridized carbons (Fsp3) is 0.147. The summed E-state index contributed by atoms with van der Waals surface area (Å²) in [5, 5.41) is 26.8. The maximum Gasteiger partial charge on any atom is 0.273 e. The Kier molecular flexibility index (Phi) is 6.04. The lowest BCUT2D eigenvalue weighted by molar-refractivity contribution is -0.116. The standard InChI is InChI=1S/C34H27N3O5/c1-2-37-26-13-7-5-11-23(26)30(39)28(34(37)41)29-25(33(40)36-35-29)18-21-17-20-16-15-19-9-3-4-10-22(19)31(20)42-32(21)24-12-6-8-14-27(24)38/h3-14,18,38-39H,2,15-17H2,1H3,(H,36,40)/b25-18-. The second kappa shape index (κ2) is 9.92. The average Bonchev–Trinajstić information content (AvgIpc) is 3.36. The van der Waals surface area contributed by atoms with Crippen molar-refractivity contribution in [3.63, 3.8) is 0 Å². The number of amides is 1. The molecule has 0 spiro atoms. The Morgan fingerprint density at radius 3 is 2.48 bits per heavy atom. The number of hydrogen-bond acceptors (Lipinski definition) is 6. The summed E-state index contributed by atoms with van der Waals surface area (Å²) in [6, 6.07) is 22.1. The predicted molar refractivity (Wildman–Crippen MR) is 161 cm³/mol. The number of benzene rings is 3. The van der Waals surface area contributed by atoms with Crippen molar-refractivity contribution >= 4 is 34.0 Å². The van der Waals surface area contributed by atoms with Gasteiger partial charge in [0.25, 0.3) is 11.5 Å². The molecule has 0 saturated heterocycles. The zero-order chi connectivity index (χ0) is 29.0. The zero-order valence-corrected chi connectivity index (χ0v) is 22.8. The van der Waals surface area contributed by atoms with Gasteiger partial charge in [-0.15, -0.1) is 0 Å². The lowest BCUT2D eigenvalue weighted by Gasteiger charge is -2.30. The SMILES string of the molecule is CCn1c(=O)c(C2=NNC(=O)/C2=C\C2=C(c3ccccc3O)OC3=C(CCc4ccccc43)C2)c(O)c2ccccc21. The third-order valence-electron chi connectivity index (χ3n) is 8.11. The van der Waals surface area contributed by atoms with Crippen molar-refractivity contribution in [2.75, 3.05) is 0 Å². The molecule has 0 fully saturated rings. The van der Waals surface area contributed by atoms with E-state index >= 15 is 0 Å². The van der Waals surface area contributed by atoms with Gasteiger partial charge in [0, 0.05) is 29.5 Å². The number of ether oxygens (including phenoxy) is 1. The van der Waals surface area contributed by atoms with Crippen LogP contribution < -0.4 is 11.0 Å². The smallest absolute Gasteiger partial charge is 0.273 e. The Bertz CT molecular complexity index is 2010. The van der Waals surface area contributed by atoms with Gasteiger partial charge in [0.1, 0.15) is 34.3 Å². The predicted octanol–water partition coefficient (Wildman–Crippen LogP) is 5.38. The van der Waals surface area contributed by atoms with E-state index in [1.165, 1.54) is 5.56 Å². The molecule has 1 aromatic heterocycles. The van der Waals surface area contributed by atoms with Gasteiger partial charge < -0.3 is 19.5 Å². The molecule has 7 rings (SSSR count). The van der Waals surface area contributed by atoms with Crippen molar-refractivity contribution in [2.45, 2.75) is 32.7 Å². The fourth-order valence-electron chi connectivity index (χ4n) is 6.08. The highest BCUT2D eigenvalue weighted by molar-refractivity contribution is 6.32. The van der Waals surface area contributed by atoms with Gasteiger partial charge in [0.2, 0.25) is 0 Å². The quantitative estimate of drug-likeness (QED) is 0.292. The van der Waals surface area contributed by atoms with E-state index in [1.54, 1.807) is 53.1 Å². The number of aryl methyl sites for hydroxylation is 2. The summed E-state index contributed by atoms with van der Waals surface area (Å²) in [6.45, 7) is 2.22. The zero-order valence-electron chi connectivity index (χ0n) is 22.8. The summed E-state index contributed by atoms with van der Waals surface area (Å²) < 4.78 is 8.15. The number of nitrogens with zero attached hydrogens (tertiary/aromatic N) is 2. The minimum atomic E-state index is -0.502. The maximum absolute atomic E-state index is 13.7. The van der Waals surface area contributed by atoms with Gasteiger partial charge in [-0.1, -0.05) is 48.5 Å². The van der Waals surface area contributed by atoms with Crippen molar-refractivity contribution in [1.82, 2.24) is 9.99 Å². The van der Waals surface area contributed by atoms with Crippen LogP contribution in [-0.4, -0.2) is 26.4 Å². The highest BCUT2D eigenvalue weighted by Crippen LogP contribution is 2.45. The molecule has 0 saturated carbocycles. The van der Waals surface area contributed by atoms with Gasteiger partial charge in [0.15, 0.2) is 0 Å². The van der Waals surface area contributed by atoms with E-state index < -0.39 is 11.5 Å². The van der Waals surface area contributed by atoms with Crippen LogP contribution in [0.3, 0.4) is 0 Å². The molecular weight excluding hydrogens is 530 g/mol. The van der Waals surface area contributed by atoms with Gasteiger partial charge in [-0.05, 0) is 61.2 Å². The lowest BCUT2D eigenvalue weighted by atomic mass is 9.84. The fourth-order valence-corrected chi connectivity index (χ4v) is 6.08. The summed E-state index contributed by atoms with van der Waals surface area (Å²) in [4.78, 5) is 26.9. The molecule has 3 aromatic carbocycles. The number of phenols is 1. The van der Waals surface area contributed by atoms with Crippen molar-refractivity contribution in [3.05, 3.63) is 128 Å². The maximum atomic E-state index is 13.7. The molecule has 1 aliphatic carbocycles. The Morgan fingerprint density at radius 2 is 1.67 bits per heavy atom. The first-order valence-electron chi connectivity index (χ1n) is 13.9. The Labute approximate surface area is 241 Å². The third-order valence-corrected chi connectivity index (χ3v) is 8.11. The molecule has 8 nitrogen and oxygen atoms in total. The number of pyridine rings is 1. The molecule has 0 bridgehead atoms. The van der Waals surface area contributed by atoms with Gasteiger partial charge in [-0.2, -0.15) is 5.10 Å². The highest BCUT2D eigenvalue weighted by atomic mass is 16.5. The Hall–Kier alpha value is -5.37. The first-order valence-corrected chi connectivity index (χ1v) is 13.9. The minimum absolute atomic E-state index is 0.0410. The summed E-state index contributed by atoms with van der Waals surface area (Å²) >= 11 is 0. The molecule has 3 heterocycles. The molecule has 0 atom stereocenters. The van der Waals surface area contributed by atoms with Gasteiger partial charge in [-0.25, -0.2) is 5.43 Å².